The molecule has 8 nitrogen and oxygen atoms in total. The number of nitrogens with one attached hydrogen (secondary N) is 1. The highest BCUT2D eigenvalue weighted by Crippen LogP contribution is 2.20. The molecule has 0 aliphatic carbocycles. The van der Waals surface area contributed by atoms with E-state index < -0.39 is 22.2 Å². The molecule has 0 unspecified atom stereocenters. The molecule has 0 spiro atoms. The van der Waals surface area contributed by atoms with Gasteiger partial charge >= 0.3 is 11.9 Å². The highest BCUT2D eigenvalue weighted by Gasteiger charge is 2.33. The van der Waals surface area contributed by atoms with E-state index in [1.165, 1.54) is 4.31 Å². The summed E-state index contributed by atoms with van der Waals surface area (Å²) in [5, 5.41) is 8.90. The lowest BCUT2D eigenvalue weighted by Crippen LogP contribution is -2.50. The van der Waals surface area contributed by atoms with Crippen LogP contribution in [0.25, 0.3) is 0 Å². The molecular formula is C12H22N2O6S. The Morgan fingerprint density at radius 1 is 1.33 bits per heavy atom. The Morgan fingerprint density at radius 2 is 1.90 bits per heavy atom. The molecule has 0 aromatic carbocycles. The third-order valence-corrected chi connectivity index (χ3v) is 5.04. The number of esters is 1. The van der Waals surface area contributed by atoms with Gasteiger partial charge in [0.05, 0.1) is 12.5 Å². The molecule has 1 rings (SSSR count). The molecule has 21 heavy (non-hydrogen) atoms. The average molecular weight is 322 g/mol. The summed E-state index contributed by atoms with van der Waals surface area (Å²) in [6.45, 7) is 3.96. The Hall–Kier alpha value is -1.19. The molecule has 0 radical (unpaired) electrons. The molecular weight excluding hydrogens is 300 g/mol. The molecule has 1 aliphatic heterocycles. The number of aliphatic carboxylic acids is 1. The van der Waals surface area contributed by atoms with E-state index in [1.54, 1.807) is 13.8 Å². The minimum absolute atomic E-state index is 0.161. The first-order valence-electron chi connectivity index (χ1n) is 6.98. The van der Waals surface area contributed by atoms with Crippen molar-refractivity contribution in [3.63, 3.8) is 0 Å². The maximum atomic E-state index is 12.1. The van der Waals surface area contributed by atoms with Gasteiger partial charge in [0.15, 0.2) is 0 Å². The summed E-state index contributed by atoms with van der Waals surface area (Å²) in [7, 11) is -3.85. The molecule has 1 aliphatic rings. The van der Waals surface area contributed by atoms with Crippen LogP contribution in [-0.4, -0.2) is 55.5 Å². The Morgan fingerprint density at radius 3 is 2.33 bits per heavy atom. The Bertz CT molecular complexity index is 470. The summed E-state index contributed by atoms with van der Waals surface area (Å²) in [5.74, 6) is -1.81. The summed E-state index contributed by atoms with van der Waals surface area (Å²) < 4.78 is 32.4. The van der Waals surface area contributed by atoms with Crippen molar-refractivity contribution in [3.8, 4) is 0 Å². The lowest BCUT2D eigenvalue weighted by molar-refractivity contribution is -0.149. The third-order valence-electron chi connectivity index (χ3n) is 3.41. The number of ether oxygens (including phenoxy) is 1. The fourth-order valence-electron chi connectivity index (χ4n) is 2.15. The Kier molecular flexibility index (Phi) is 6.56. The van der Waals surface area contributed by atoms with Gasteiger partial charge in [-0.3, -0.25) is 9.59 Å². The summed E-state index contributed by atoms with van der Waals surface area (Å²) in [6.07, 6.45) is 0.918. The lowest BCUT2D eigenvalue weighted by atomic mass is 9.98. The predicted molar refractivity (Wildman–Crippen MR) is 74.7 cm³/mol. The van der Waals surface area contributed by atoms with Gasteiger partial charge in [0.2, 0.25) is 0 Å². The molecule has 0 aromatic heterocycles. The number of carbonyl (C=O) groups excluding carboxylic acids is 1. The Balaban J connectivity index is 2.60. The number of carboxylic acids is 1. The quantitative estimate of drug-likeness (QED) is 0.636. The van der Waals surface area contributed by atoms with Crippen LogP contribution in [-0.2, 0) is 24.5 Å². The zero-order valence-electron chi connectivity index (χ0n) is 12.2. The molecule has 0 bridgehead atoms. The normalized spacial score (nSPS) is 19.1. The maximum absolute atomic E-state index is 12.1. The molecule has 2 N–H and O–H groups in total. The van der Waals surface area contributed by atoms with Crippen molar-refractivity contribution in [2.75, 3.05) is 19.7 Å². The van der Waals surface area contributed by atoms with Crippen molar-refractivity contribution in [2.24, 2.45) is 5.92 Å². The van der Waals surface area contributed by atoms with Gasteiger partial charge < -0.3 is 9.84 Å². The van der Waals surface area contributed by atoms with Crippen molar-refractivity contribution in [1.29, 1.82) is 0 Å². The summed E-state index contributed by atoms with van der Waals surface area (Å²) in [5.41, 5.74) is 0. The van der Waals surface area contributed by atoms with E-state index in [0.717, 1.165) is 0 Å². The van der Waals surface area contributed by atoms with Crippen molar-refractivity contribution in [1.82, 2.24) is 9.03 Å². The second kappa shape index (κ2) is 7.71. The first-order valence-corrected chi connectivity index (χ1v) is 8.42. The second-order valence-corrected chi connectivity index (χ2v) is 6.55. The monoisotopic (exact) mass is 322 g/mol. The number of carbonyl (C=O) groups is 2. The number of nitrogens with zero attached hydrogens (tertiary/aromatic N) is 1. The second-order valence-electron chi connectivity index (χ2n) is 4.85. The van der Waals surface area contributed by atoms with Crippen LogP contribution in [0.4, 0.5) is 0 Å². The molecule has 0 saturated carbocycles. The van der Waals surface area contributed by atoms with E-state index in [1.807, 2.05) is 0 Å². The molecule has 9 heteroatoms. The average Bonchev–Trinajstić information content (AvgIpc) is 2.45. The fraction of sp³-hybridized carbons (Fsp3) is 0.833. The van der Waals surface area contributed by atoms with Crippen LogP contribution in [0.3, 0.4) is 0 Å². The van der Waals surface area contributed by atoms with Gasteiger partial charge in [-0.25, -0.2) is 0 Å². The van der Waals surface area contributed by atoms with E-state index in [2.05, 4.69) is 4.72 Å². The number of carboxylic acid groups (broad SMARTS) is 1. The SMILES string of the molecule is CCOC(=O)C1CCN(S(=O)(=O)N[C@@H](CC)C(=O)O)CC1. The number of hydrogen-bond donors (Lipinski definition) is 2. The van der Waals surface area contributed by atoms with Crippen LogP contribution in [0.1, 0.15) is 33.1 Å². The van der Waals surface area contributed by atoms with E-state index in [-0.39, 0.29) is 31.4 Å². The molecule has 0 amide bonds. The van der Waals surface area contributed by atoms with Gasteiger partial charge in [0, 0.05) is 13.1 Å². The number of rotatable bonds is 7. The van der Waals surface area contributed by atoms with Gasteiger partial charge in [-0.15, -0.1) is 0 Å². The van der Waals surface area contributed by atoms with Gasteiger partial charge in [0.25, 0.3) is 10.2 Å². The summed E-state index contributed by atoms with van der Waals surface area (Å²) in [4.78, 5) is 22.5. The smallest absolute Gasteiger partial charge is 0.321 e. The van der Waals surface area contributed by atoms with Crippen molar-refractivity contribution in [3.05, 3.63) is 0 Å². The van der Waals surface area contributed by atoms with Crippen molar-refractivity contribution < 1.29 is 27.9 Å². The molecule has 122 valence electrons. The van der Waals surface area contributed by atoms with E-state index in [9.17, 15) is 18.0 Å². The van der Waals surface area contributed by atoms with Crippen molar-refractivity contribution >= 4 is 22.1 Å². The third kappa shape index (κ3) is 4.94. The molecule has 1 fully saturated rings. The predicted octanol–water partition coefficient (Wildman–Crippen LogP) is -0.0409. The number of hydrogen-bond acceptors (Lipinski definition) is 5. The number of piperidine rings is 1. The maximum Gasteiger partial charge on any atom is 0.321 e. The van der Waals surface area contributed by atoms with Gasteiger partial charge in [0.1, 0.15) is 6.04 Å². The van der Waals surface area contributed by atoms with Gasteiger partial charge in [-0.1, -0.05) is 6.92 Å². The van der Waals surface area contributed by atoms with Crippen LogP contribution in [0, 0.1) is 5.92 Å². The van der Waals surface area contributed by atoms with Gasteiger partial charge in [-0.2, -0.15) is 17.4 Å². The highest BCUT2D eigenvalue weighted by molar-refractivity contribution is 7.87. The summed E-state index contributed by atoms with van der Waals surface area (Å²) in [6, 6.07) is -1.14. The minimum atomic E-state index is -3.85. The van der Waals surface area contributed by atoms with E-state index in [0.29, 0.717) is 19.4 Å². The molecule has 1 atom stereocenters. The molecule has 0 aromatic rings. The molecule has 1 heterocycles. The minimum Gasteiger partial charge on any atom is -0.480 e. The zero-order chi connectivity index (χ0) is 16.0. The first kappa shape index (κ1) is 17.9. The van der Waals surface area contributed by atoms with Crippen LogP contribution in [0.2, 0.25) is 0 Å². The van der Waals surface area contributed by atoms with Crippen LogP contribution in [0.15, 0.2) is 0 Å². The summed E-state index contributed by atoms with van der Waals surface area (Å²) >= 11 is 0. The van der Waals surface area contributed by atoms with E-state index in [4.69, 9.17) is 9.84 Å². The standard InChI is InChI=1S/C12H22N2O6S/c1-3-10(11(15)16)13-21(18,19)14-7-5-9(6-8-14)12(17)20-4-2/h9-10,13H,3-8H2,1-2H3,(H,15,16)/t10-/m0/s1. The van der Waals surface area contributed by atoms with Gasteiger partial charge in [-0.05, 0) is 26.2 Å². The lowest BCUT2D eigenvalue weighted by Gasteiger charge is -2.30. The first-order chi connectivity index (χ1) is 9.81. The van der Waals surface area contributed by atoms with Crippen LogP contribution in [0.5, 0.6) is 0 Å². The van der Waals surface area contributed by atoms with E-state index >= 15 is 0 Å². The Labute approximate surface area is 124 Å². The van der Waals surface area contributed by atoms with Crippen LogP contribution >= 0.6 is 0 Å². The van der Waals surface area contributed by atoms with Crippen LogP contribution < -0.4 is 4.72 Å². The topological polar surface area (TPSA) is 113 Å². The zero-order valence-corrected chi connectivity index (χ0v) is 13.1. The highest BCUT2D eigenvalue weighted by atomic mass is 32.2. The fourth-order valence-corrected chi connectivity index (χ4v) is 3.62. The molecule has 1 saturated heterocycles. The van der Waals surface area contributed by atoms with Crippen molar-refractivity contribution in [2.45, 2.75) is 39.2 Å². The largest absolute Gasteiger partial charge is 0.480 e.